The van der Waals surface area contributed by atoms with E-state index in [9.17, 15) is 14.7 Å². The zero-order chi connectivity index (χ0) is 27.6. The van der Waals surface area contributed by atoms with Gasteiger partial charge in [0.25, 0.3) is 0 Å². The Morgan fingerprint density at radius 2 is 1.57 bits per heavy atom. The number of hydrogen-bond acceptors (Lipinski definition) is 5. The van der Waals surface area contributed by atoms with E-state index in [1.54, 1.807) is 13.8 Å². The summed E-state index contributed by atoms with van der Waals surface area (Å²) in [6, 6.07) is 16.6. The third-order valence-corrected chi connectivity index (χ3v) is 6.40. The SMILES string of the molecule is CC(C)C[C@H](C(=O)N[C@@H](Cc1ccc(OCc2ccccc2)cc1)C(=O)NC(C)(C)CO)N(C)C(C)C. The van der Waals surface area contributed by atoms with Crippen molar-refractivity contribution in [1.82, 2.24) is 15.5 Å². The summed E-state index contributed by atoms with van der Waals surface area (Å²) in [7, 11) is 1.94. The number of ether oxygens (including phenoxy) is 1. The molecule has 2 aromatic rings. The first-order valence-corrected chi connectivity index (χ1v) is 13.1. The summed E-state index contributed by atoms with van der Waals surface area (Å²) in [5.74, 6) is 0.553. The van der Waals surface area contributed by atoms with E-state index in [0.717, 1.165) is 16.9 Å². The van der Waals surface area contributed by atoms with Gasteiger partial charge in [-0.1, -0.05) is 56.3 Å². The molecule has 2 rings (SSSR count). The van der Waals surface area contributed by atoms with Crippen molar-refractivity contribution >= 4 is 11.8 Å². The molecule has 0 spiro atoms. The second kappa shape index (κ2) is 14.1. The Hall–Kier alpha value is -2.90. The molecular weight excluding hydrogens is 466 g/mol. The summed E-state index contributed by atoms with van der Waals surface area (Å²) in [4.78, 5) is 28.7. The molecule has 204 valence electrons. The first-order chi connectivity index (χ1) is 17.4. The van der Waals surface area contributed by atoms with Crippen LogP contribution in [0.15, 0.2) is 54.6 Å². The molecule has 0 saturated carbocycles. The molecule has 2 atom stereocenters. The van der Waals surface area contributed by atoms with Gasteiger partial charge in [0.2, 0.25) is 11.8 Å². The van der Waals surface area contributed by atoms with Crippen LogP contribution in [-0.2, 0) is 22.6 Å². The van der Waals surface area contributed by atoms with Crippen LogP contribution in [0.25, 0.3) is 0 Å². The lowest BCUT2D eigenvalue weighted by Gasteiger charge is -2.33. The fourth-order valence-corrected chi connectivity index (χ4v) is 3.90. The Bertz CT molecular complexity index is 974. The van der Waals surface area contributed by atoms with Crippen LogP contribution < -0.4 is 15.4 Å². The van der Waals surface area contributed by atoms with Gasteiger partial charge in [-0.3, -0.25) is 14.5 Å². The molecule has 2 amide bonds. The van der Waals surface area contributed by atoms with Gasteiger partial charge in [-0.2, -0.15) is 0 Å². The van der Waals surface area contributed by atoms with Gasteiger partial charge in [-0.05, 0) is 70.3 Å². The van der Waals surface area contributed by atoms with Gasteiger partial charge >= 0.3 is 0 Å². The molecule has 0 saturated heterocycles. The molecule has 0 aromatic heterocycles. The number of rotatable bonds is 14. The van der Waals surface area contributed by atoms with Crippen LogP contribution >= 0.6 is 0 Å². The molecule has 2 aromatic carbocycles. The highest BCUT2D eigenvalue weighted by atomic mass is 16.5. The first-order valence-electron chi connectivity index (χ1n) is 13.1. The molecule has 0 heterocycles. The molecule has 0 aliphatic heterocycles. The van der Waals surface area contributed by atoms with E-state index in [1.807, 2.05) is 66.5 Å². The number of benzene rings is 2. The maximum Gasteiger partial charge on any atom is 0.243 e. The summed E-state index contributed by atoms with van der Waals surface area (Å²) in [5.41, 5.74) is 1.17. The zero-order valence-corrected chi connectivity index (χ0v) is 23.5. The highest BCUT2D eigenvalue weighted by Gasteiger charge is 2.31. The second-order valence-corrected chi connectivity index (χ2v) is 11.1. The van der Waals surface area contributed by atoms with Crippen molar-refractivity contribution in [2.24, 2.45) is 5.92 Å². The van der Waals surface area contributed by atoms with Gasteiger partial charge < -0.3 is 20.5 Å². The largest absolute Gasteiger partial charge is 0.489 e. The molecule has 0 fully saturated rings. The van der Waals surface area contributed by atoms with Crippen molar-refractivity contribution in [3.05, 3.63) is 65.7 Å². The molecule has 0 aliphatic rings. The van der Waals surface area contributed by atoms with Gasteiger partial charge in [-0.15, -0.1) is 0 Å². The molecule has 0 aliphatic carbocycles. The molecule has 0 bridgehead atoms. The minimum Gasteiger partial charge on any atom is -0.489 e. The number of carbonyl (C=O) groups is 2. The van der Waals surface area contributed by atoms with Crippen molar-refractivity contribution in [1.29, 1.82) is 0 Å². The quantitative estimate of drug-likeness (QED) is 0.358. The van der Waals surface area contributed by atoms with E-state index in [1.165, 1.54) is 0 Å². The fraction of sp³-hybridized carbons (Fsp3) is 0.533. The molecular formula is C30H45N3O4. The van der Waals surface area contributed by atoms with Crippen molar-refractivity contribution in [2.45, 2.75) is 84.7 Å². The average Bonchev–Trinajstić information content (AvgIpc) is 2.86. The van der Waals surface area contributed by atoms with Gasteiger partial charge in [0.15, 0.2) is 0 Å². The van der Waals surface area contributed by atoms with Crippen LogP contribution in [0.5, 0.6) is 5.75 Å². The van der Waals surface area contributed by atoms with E-state index < -0.39 is 11.6 Å². The highest BCUT2D eigenvalue weighted by Crippen LogP contribution is 2.17. The van der Waals surface area contributed by atoms with Crippen molar-refractivity contribution in [2.75, 3.05) is 13.7 Å². The summed E-state index contributed by atoms with van der Waals surface area (Å²) in [6.45, 7) is 12.0. The minimum atomic E-state index is -0.804. The number of aliphatic hydroxyl groups excluding tert-OH is 1. The lowest BCUT2D eigenvalue weighted by atomic mass is 9.98. The maximum atomic E-state index is 13.4. The van der Waals surface area contributed by atoms with Crippen molar-refractivity contribution in [3.63, 3.8) is 0 Å². The predicted molar refractivity (Wildman–Crippen MR) is 148 cm³/mol. The number of hydrogen-bond donors (Lipinski definition) is 3. The third kappa shape index (κ3) is 10.2. The maximum absolute atomic E-state index is 13.4. The molecule has 0 unspecified atom stereocenters. The van der Waals surface area contributed by atoms with Crippen molar-refractivity contribution in [3.8, 4) is 5.75 Å². The smallest absolute Gasteiger partial charge is 0.243 e. The monoisotopic (exact) mass is 511 g/mol. The van der Waals surface area contributed by atoms with Crippen LogP contribution in [0.4, 0.5) is 0 Å². The molecule has 7 heteroatoms. The summed E-state index contributed by atoms with van der Waals surface area (Å²) in [5, 5.41) is 15.5. The van der Waals surface area contributed by atoms with E-state index in [2.05, 4.69) is 38.3 Å². The van der Waals surface area contributed by atoms with Gasteiger partial charge in [0.1, 0.15) is 18.4 Å². The Kier molecular flexibility index (Phi) is 11.6. The Balaban J connectivity index is 2.18. The average molecular weight is 512 g/mol. The van der Waals surface area contributed by atoms with E-state index in [0.29, 0.717) is 25.4 Å². The van der Waals surface area contributed by atoms with E-state index in [-0.39, 0.29) is 30.5 Å². The van der Waals surface area contributed by atoms with Crippen LogP contribution in [0.2, 0.25) is 0 Å². The summed E-state index contributed by atoms with van der Waals surface area (Å²) < 4.78 is 5.88. The molecule has 0 radical (unpaired) electrons. The standard InChI is InChI=1S/C30H45N3O4/c1-21(2)17-27(33(7)22(3)4)29(36)31-26(28(35)32-30(5,6)20-34)18-23-13-15-25(16-14-23)37-19-24-11-9-8-10-12-24/h8-16,21-22,26-27,34H,17-20H2,1-7H3,(H,31,36)(H,32,35)/t26-,27+/m0/s1. The van der Waals surface area contributed by atoms with Crippen LogP contribution in [0.1, 0.15) is 59.1 Å². The number of nitrogens with zero attached hydrogens (tertiary/aromatic N) is 1. The van der Waals surface area contributed by atoms with Crippen LogP contribution in [0, 0.1) is 5.92 Å². The van der Waals surface area contributed by atoms with E-state index in [4.69, 9.17) is 4.74 Å². The highest BCUT2D eigenvalue weighted by molar-refractivity contribution is 5.90. The van der Waals surface area contributed by atoms with Crippen LogP contribution in [0.3, 0.4) is 0 Å². The molecule has 37 heavy (non-hydrogen) atoms. The lowest BCUT2D eigenvalue weighted by Crippen LogP contribution is -2.58. The first kappa shape index (κ1) is 30.3. The predicted octanol–water partition coefficient (Wildman–Crippen LogP) is 3.93. The van der Waals surface area contributed by atoms with Gasteiger partial charge in [0.05, 0.1) is 18.2 Å². The Labute approximate surface area is 222 Å². The number of nitrogens with one attached hydrogen (secondary N) is 2. The van der Waals surface area contributed by atoms with Gasteiger partial charge in [0, 0.05) is 12.5 Å². The summed E-state index contributed by atoms with van der Waals surface area (Å²) >= 11 is 0. The summed E-state index contributed by atoms with van der Waals surface area (Å²) in [6.07, 6.45) is 1.00. The number of aliphatic hydroxyl groups is 1. The Morgan fingerprint density at radius 3 is 2.11 bits per heavy atom. The lowest BCUT2D eigenvalue weighted by molar-refractivity contribution is -0.133. The normalized spacial score (nSPS) is 13.5. The molecule has 3 N–H and O–H groups in total. The number of likely N-dealkylation sites (N-methyl/N-ethyl adjacent to an activating group) is 1. The second-order valence-electron chi connectivity index (χ2n) is 11.1. The minimum absolute atomic E-state index is 0.172. The van der Waals surface area contributed by atoms with E-state index >= 15 is 0 Å². The zero-order valence-electron chi connectivity index (χ0n) is 23.5. The van der Waals surface area contributed by atoms with Crippen LogP contribution in [-0.4, -0.2) is 59.1 Å². The molecule has 7 nitrogen and oxygen atoms in total. The van der Waals surface area contributed by atoms with Gasteiger partial charge in [-0.25, -0.2) is 0 Å². The number of amides is 2. The third-order valence-electron chi connectivity index (χ3n) is 6.40. The van der Waals surface area contributed by atoms with Crippen molar-refractivity contribution < 1.29 is 19.4 Å². The topological polar surface area (TPSA) is 90.9 Å². The fourth-order valence-electron chi connectivity index (χ4n) is 3.90. The number of carbonyl (C=O) groups excluding carboxylic acids is 2. The Morgan fingerprint density at radius 1 is 0.946 bits per heavy atom.